The molecule has 10 aromatic carbocycles. The molecule has 16 aliphatic rings. The standard InChI is InChI=1S/C27H36N2O.C24H33N3O.C24H29NO3.2C23H29NO.4H2/c30-27(25-9-2-1-3-10-25,26-21-29-17-12-24(26)13-18-29)14-11-22-7-6-8-23(19-22)20-28-15-4-5-16-28;1-25(2)21-9-5-19(6-10-21)24(28,20-7-11-22(12-8-20)26(3)4)23-17-27-15-13-18(23)14-16-27;1-28-23(26)21-10-6-5-7-18(21)11-14-24(27,20-8-3-2-4-9-20)22-17-25-15-12-19(22)13-16-25;1-17-6-5-8-19(14-17)15-23(25,21-9-4-3-7-18(21)2)22-16-24-12-10-20(22)11-13-24;1-18-7-5-6-10-21(18)23(25,14-11-19-8-3-2-4-9-19)22-17-24-15-12-20(22)13-16-24;;;;/h1-3,6-10,19,24,26,30H,4-5,11-18,20-21H2;5-12,18,23,28H,13-17H2,1-4H3;2-10,19,22,27H,11-17H2,1H3;3-9,14,20,22,25H,10-13,15-16H2,1-2H3;2-10,20,22,25H,11-17H2,1H3;4*1H. The van der Waals surface area contributed by atoms with Crippen LogP contribution in [0.2, 0.25) is 0 Å². The van der Waals surface area contributed by atoms with Crippen LogP contribution in [0.4, 0.5) is 11.4 Å². The van der Waals surface area contributed by atoms with Gasteiger partial charge in [-0.3, -0.25) is 4.90 Å². The van der Waals surface area contributed by atoms with Gasteiger partial charge in [-0.25, -0.2) is 4.79 Å². The fraction of sp³-hybridized carbons (Fsp3) is 0.496. The van der Waals surface area contributed by atoms with Gasteiger partial charge in [-0.2, -0.15) is 0 Å². The van der Waals surface area contributed by atoms with E-state index < -0.39 is 28.0 Å². The normalized spacial score (nSPS) is 26.8. The van der Waals surface area contributed by atoms with E-state index in [1.54, 1.807) is 6.07 Å². The fourth-order valence-electron chi connectivity index (χ4n) is 26.6. The van der Waals surface area contributed by atoms with Crippen molar-refractivity contribution in [2.45, 2.75) is 177 Å². The van der Waals surface area contributed by atoms with E-state index in [1.165, 1.54) is 189 Å². The molecule has 0 aliphatic carbocycles. The maximum atomic E-state index is 12.3. The fourth-order valence-corrected chi connectivity index (χ4v) is 26.6. The SMILES string of the molecule is CN(C)c1ccc(C(O)(c2ccc(N(C)C)cc2)C2CN3CCC2CC3)cc1.COC(=O)c1ccccc1CCC(O)(c1ccccc1)C1CN2CCC1CC2.Cc1cccc(CC(O)(c2ccccc2C)C2CN3CCC2CC3)c1.Cc1ccccc1C(O)(CCc1ccccc1)C1CN2CCC1CC2.OC(CCc1cccc(CN2CCCC2)c1)(c1ccccc1)C1CN2CCC1CC2.[HH].[HH].[HH].[HH]. The number of carbonyl (C=O) groups excluding carboxylic acids is 1. The summed E-state index contributed by atoms with van der Waals surface area (Å²) in [6.45, 7) is 26.9. The second kappa shape index (κ2) is 44.5. The van der Waals surface area contributed by atoms with Crippen LogP contribution in [0.3, 0.4) is 0 Å². The van der Waals surface area contributed by atoms with Gasteiger partial charge in [0, 0.05) is 121 Å². The lowest BCUT2D eigenvalue weighted by molar-refractivity contribution is -0.107. The maximum absolute atomic E-state index is 12.3. The molecule has 9 atom stereocenters. The van der Waals surface area contributed by atoms with E-state index >= 15 is 0 Å². The number of hydrogen-bond acceptors (Lipinski definition) is 15. The maximum Gasteiger partial charge on any atom is 0.338 e. The largest absolute Gasteiger partial charge is 0.465 e. The molecule has 15 nitrogen and oxygen atoms in total. The van der Waals surface area contributed by atoms with E-state index in [1.807, 2.05) is 48.5 Å². The minimum absolute atomic E-state index is 0. The van der Waals surface area contributed by atoms with Crippen molar-refractivity contribution in [2.24, 2.45) is 59.2 Å². The van der Waals surface area contributed by atoms with E-state index in [2.05, 4.69) is 294 Å². The van der Waals surface area contributed by atoms with Crippen LogP contribution in [-0.2, 0) is 65.0 Å². The van der Waals surface area contributed by atoms with Gasteiger partial charge in [-0.1, -0.05) is 236 Å². The molecule has 0 amide bonds. The summed E-state index contributed by atoms with van der Waals surface area (Å²) < 4.78 is 4.94. The van der Waals surface area contributed by atoms with Crippen LogP contribution in [0.1, 0.15) is 190 Å². The number of ether oxygens (including phenoxy) is 1. The molecular weight excluding hydrogens is 1680 g/mol. The van der Waals surface area contributed by atoms with Crippen LogP contribution >= 0.6 is 0 Å². The summed E-state index contributed by atoms with van der Waals surface area (Å²) in [5, 5.41) is 60.7. The van der Waals surface area contributed by atoms with E-state index in [-0.39, 0.29) is 23.5 Å². The minimum atomic E-state index is -0.959. The lowest BCUT2D eigenvalue weighted by atomic mass is 9.65. The van der Waals surface area contributed by atoms with Crippen molar-refractivity contribution in [1.29, 1.82) is 0 Å². The first-order chi connectivity index (χ1) is 65.9. The zero-order valence-electron chi connectivity index (χ0n) is 82.9. The number of fused-ring (bicyclic) bond motifs is 15. The highest BCUT2D eigenvalue weighted by molar-refractivity contribution is 5.91. The van der Waals surface area contributed by atoms with Gasteiger partial charge in [-0.05, 0) is 347 Å². The molecule has 5 N–H and O–H groups in total. The first-order valence-corrected chi connectivity index (χ1v) is 52.0. The molecule has 15 heteroatoms. The number of benzene rings is 10. The van der Waals surface area contributed by atoms with Gasteiger partial charge in [-0.15, -0.1) is 0 Å². The molecule has 0 spiro atoms. The average molecular weight is 1840 g/mol. The number of piperidine rings is 15. The molecule has 26 rings (SSSR count). The summed E-state index contributed by atoms with van der Waals surface area (Å²) in [5.74, 6) is 4.23. The highest BCUT2D eigenvalue weighted by atomic mass is 16.5. The van der Waals surface area contributed by atoms with Crippen molar-refractivity contribution in [2.75, 3.05) is 156 Å². The molecule has 16 heterocycles. The lowest BCUT2D eigenvalue weighted by Crippen LogP contribution is -2.56. The van der Waals surface area contributed by atoms with Crippen molar-refractivity contribution in [3.8, 4) is 0 Å². The lowest BCUT2D eigenvalue weighted by Gasteiger charge is -2.51. The third-order valence-electron chi connectivity index (χ3n) is 34.5. The Hall–Kier alpha value is -9.17. The van der Waals surface area contributed by atoms with Crippen LogP contribution in [0.25, 0.3) is 0 Å². The van der Waals surface area contributed by atoms with Crippen LogP contribution < -0.4 is 9.80 Å². The summed E-state index contributed by atoms with van der Waals surface area (Å²) in [5.41, 5.74) is 15.1. The van der Waals surface area contributed by atoms with Crippen molar-refractivity contribution in [3.05, 3.63) is 344 Å². The first kappa shape index (κ1) is 98.4. The van der Waals surface area contributed by atoms with Gasteiger partial charge in [0.1, 0.15) is 5.60 Å². The smallest absolute Gasteiger partial charge is 0.338 e. The molecule has 0 aromatic heterocycles. The topological polar surface area (TPSA) is 153 Å². The number of anilines is 2. The third kappa shape index (κ3) is 22.5. The monoisotopic (exact) mass is 1840 g/mol. The molecule has 730 valence electrons. The highest BCUT2D eigenvalue weighted by Gasteiger charge is 2.54. The molecule has 16 fully saturated rings. The number of aryl methyl sites for hydroxylation is 6. The van der Waals surface area contributed by atoms with Gasteiger partial charge in [0.2, 0.25) is 0 Å². The van der Waals surface area contributed by atoms with Crippen LogP contribution in [0.5, 0.6) is 0 Å². The zero-order valence-corrected chi connectivity index (χ0v) is 82.9. The Kier molecular flexibility index (Phi) is 32.2. The number of rotatable bonds is 27. The number of nitrogens with zero attached hydrogens (tertiary/aromatic N) is 8. The van der Waals surface area contributed by atoms with Gasteiger partial charge < -0.3 is 64.6 Å². The van der Waals surface area contributed by atoms with Crippen molar-refractivity contribution < 1.29 is 40.8 Å². The number of likely N-dealkylation sites (tertiary alicyclic amines) is 1. The quantitative estimate of drug-likeness (QED) is 0.0310. The van der Waals surface area contributed by atoms with Crippen LogP contribution in [-0.4, -0.2) is 207 Å². The van der Waals surface area contributed by atoms with Crippen molar-refractivity contribution in [1.82, 2.24) is 29.4 Å². The van der Waals surface area contributed by atoms with E-state index in [0.29, 0.717) is 72.2 Å². The molecule has 136 heavy (non-hydrogen) atoms. The zero-order chi connectivity index (χ0) is 94.6. The molecule has 10 aromatic rings. The molecule has 16 aliphatic heterocycles. The van der Waals surface area contributed by atoms with Crippen LogP contribution in [0, 0.1) is 80.0 Å². The Balaban J connectivity index is 0.000000147. The summed E-state index contributed by atoms with van der Waals surface area (Å²) in [7, 11) is 9.61. The molecular formula is C121H164N8O7. The Bertz CT molecular complexity index is 5420. The predicted molar refractivity (Wildman–Crippen MR) is 562 cm³/mol. The molecule has 16 saturated heterocycles. The molecule has 0 saturated carbocycles. The van der Waals surface area contributed by atoms with Gasteiger partial charge in [0.25, 0.3) is 0 Å². The second-order valence-electron chi connectivity index (χ2n) is 43.0. The number of esters is 1. The van der Waals surface area contributed by atoms with Crippen LogP contribution in [0.15, 0.2) is 261 Å². The predicted octanol–water partition coefficient (Wildman–Crippen LogP) is 20.7. The van der Waals surface area contributed by atoms with Gasteiger partial charge >= 0.3 is 5.97 Å². The first-order valence-electron chi connectivity index (χ1n) is 52.0. The average Bonchev–Trinajstić information content (AvgIpc) is 0.772. The molecule has 9 unspecified atom stereocenters. The van der Waals surface area contributed by atoms with E-state index in [9.17, 15) is 30.3 Å². The number of methoxy groups -OCH3 is 1. The summed E-state index contributed by atoms with van der Waals surface area (Å²) in [4.78, 5) is 31.6. The Morgan fingerprint density at radius 1 is 0.346 bits per heavy atom. The summed E-state index contributed by atoms with van der Waals surface area (Å²) >= 11 is 0. The Labute approximate surface area is 819 Å². The third-order valence-corrected chi connectivity index (χ3v) is 34.5. The van der Waals surface area contributed by atoms with E-state index in [0.717, 1.165) is 128 Å². The van der Waals surface area contributed by atoms with Gasteiger partial charge in [0.05, 0.1) is 35.1 Å². The van der Waals surface area contributed by atoms with E-state index in [4.69, 9.17) is 4.74 Å². The molecule has 0 radical (unpaired) electrons. The van der Waals surface area contributed by atoms with Gasteiger partial charge in [0.15, 0.2) is 0 Å². The number of carbonyl (C=O) groups is 1. The Morgan fingerprint density at radius 3 is 1.12 bits per heavy atom. The summed E-state index contributed by atoms with van der Waals surface area (Å²) in [6, 6.07) is 90.3. The minimum Gasteiger partial charge on any atom is -0.465 e. The number of hydrogen-bond donors (Lipinski definition) is 5. The van der Waals surface area contributed by atoms with Crippen molar-refractivity contribution >= 4 is 17.3 Å². The molecule has 10 bridgehead atoms. The second-order valence-corrected chi connectivity index (χ2v) is 43.0. The highest BCUT2D eigenvalue weighted by Crippen LogP contribution is 2.53. The Morgan fingerprint density at radius 2 is 0.699 bits per heavy atom. The summed E-state index contributed by atoms with van der Waals surface area (Å²) in [6.07, 6.45) is 20.2. The number of aliphatic hydroxyl groups is 5. The van der Waals surface area contributed by atoms with Crippen molar-refractivity contribution in [3.63, 3.8) is 0 Å².